The van der Waals surface area contributed by atoms with E-state index in [1.165, 1.54) is 0 Å². The zero-order chi connectivity index (χ0) is 14.5. The number of anilines is 1. The first-order valence-corrected chi connectivity index (χ1v) is 7.26. The maximum Gasteiger partial charge on any atom is 0.414 e. The van der Waals surface area contributed by atoms with Gasteiger partial charge in [0.05, 0.1) is 3.57 Å². The molecule has 0 bridgehead atoms. The first-order valence-electron chi connectivity index (χ1n) is 5.42. The molecule has 8 heteroatoms. The zero-order valence-corrected chi connectivity index (χ0v) is 13.6. The molecule has 0 radical (unpaired) electrons. The van der Waals surface area contributed by atoms with Crippen LogP contribution in [0, 0.1) is 3.57 Å². The summed E-state index contributed by atoms with van der Waals surface area (Å²) < 4.78 is 5.55. The number of amides is 1. The lowest BCUT2D eigenvalue weighted by Gasteiger charge is -2.07. The monoisotopic (exact) mass is 423 g/mol. The molecular weight excluding hydrogens is 416 g/mol. The number of carbonyl (C=O) groups is 1. The average Bonchev–Trinajstić information content (AvgIpc) is 2.43. The summed E-state index contributed by atoms with van der Waals surface area (Å²) in [6.07, 6.45) is -0.679. The number of ether oxygens (including phenoxy) is 1. The highest BCUT2D eigenvalue weighted by Gasteiger charge is 2.11. The summed E-state index contributed by atoms with van der Waals surface area (Å²) in [4.78, 5) is 19.3. The zero-order valence-electron chi connectivity index (χ0n) is 9.94. The SMILES string of the molecule is O=C(Nc1nc(Cl)c(I)c(Cl)n1)OCc1ccccc1. The van der Waals surface area contributed by atoms with Gasteiger partial charge in [0.1, 0.15) is 16.9 Å². The Kier molecular flexibility index (Phi) is 5.38. The van der Waals surface area contributed by atoms with E-state index in [1.807, 2.05) is 52.9 Å². The van der Waals surface area contributed by atoms with Crippen LogP contribution in [0.5, 0.6) is 0 Å². The first kappa shape index (κ1) is 15.3. The Balaban J connectivity index is 1.95. The van der Waals surface area contributed by atoms with Gasteiger partial charge in [-0.3, -0.25) is 5.32 Å². The van der Waals surface area contributed by atoms with Gasteiger partial charge in [-0.25, -0.2) is 4.79 Å². The number of nitrogens with zero attached hydrogens (tertiary/aromatic N) is 2. The Morgan fingerprint density at radius 1 is 1.20 bits per heavy atom. The molecule has 0 fully saturated rings. The Morgan fingerprint density at radius 3 is 2.40 bits per heavy atom. The van der Waals surface area contributed by atoms with E-state index in [4.69, 9.17) is 27.9 Å². The van der Waals surface area contributed by atoms with Crippen LogP contribution in [0.1, 0.15) is 5.56 Å². The lowest BCUT2D eigenvalue weighted by molar-refractivity contribution is 0.155. The summed E-state index contributed by atoms with van der Waals surface area (Å²) in [7, 11) is 0. The lowest BCUT2D eigenvalue weighted by Crippen LogP contribution is -2.16. The van der Waals surface area contributed by atoms with Crippen LogP contribution in [0.4, 0.5) is 10.7 Å². The van der Waals surface area contributed by atoms with Gasteiger partial charge in [0.25, 0.3) is 0 Å². The quantitative estimate of drug-likeness (QED) is 0.595. The van der Waals surface area contributed by atoms with Crippen LogP contribution in [-0.2, 0) is 11.3 Å². The third-order valence-electron chi connectivity index (χ3n) is 2.20. The molecule has 1 amide bonds. The van der Waals surface area contributed by atoms with Crippen molar-refractivity contribution in [2.45, 2.75) is 6.61 Å². The van der Waals surface area contributed by atoms with Gasteiger partial charge in [-0.05, 0) is 28.2 Å². The van der Waals surface area contributed by atoms with Crippen LogP contribution in [0.15, 0.2) is 30.3 Å². The van der Waals surface area contributed by atoms with Crippen LogP contribution < -0.4 is 5.32 Å². The summed E-state index contributed by atoms with van der Waals surface area (Å²) in [5, 5.41) is 2.71. The van der Waals surface area contributed by atoms with Crippen LogP contribution in [0.2, 0.25) is 10.3 Å². The van der Waals surface area contributed by atoms with Gasteiger partial charge in [-0.2, -0.15) is 9.97 Å². The van der Waals surface area contributed by atoms with Gasteiger partial charge in [0, 0.05) is 0 Å². The summed E-state index contributed by atoms with van der Waals surface area (Å²) in [5.74, 6) is -0.00141. The van der Waals surface area contributed by atoms with Crippen molar-refractivity contribution in [1.82, 2.24) is 9.97 Å². The molecule has 20 heavy (non-hydrogen) atoms. The largest absolute Gasteiger partial charge is 0.444 e. The molecular formula is C12H8Cl2IN3O2. The molecule has 1 N–H and O–H groups in total. The maximum atomic E-state index is 11.6. The highest BCUT2D eigenvalue weighted by atomic mass is 127. The topological polar surface area (TPSA) is 64.1 Å². The standard InChI is InChI=1S/C12H8Cl2IN3O2/c13-9-8(15)10(14)17-11(16-9)18-12(19)20-6-7-4-2-1-3-5-7/h1-5H,6H2,(H,16,17,18,19). The molecule has 5 nitrogen and oxygen atoms in total. The molecule has 0 saturated carbocycles. The molecule has 0 atom stereocenters. The molecule has 0 aliphatic rings. The van der Waals surface area contributed by atoms with E-state index in [0.29, 0.717) is 3.57 Å². The van der Waals surface area contributed by atoms with E-state index >= 15 is 0 Å². The number of hydrogen-bond acceptors (Lipinski definition) is 4. The number of rotatable bonds is 3. The fraction of sp³-hybridized carbons (Fsp3) is 0.0833. The van der Waals surface area contributed by atoms with Gasteiger partial charge in [0.15, 0.2) is 0 Å². The second-order valence-electron chi connectivity index (χ2n) is 3.63. The van der Waals surface area contributed by atoms with E-state index < -0.39 is 6.09 Å². The minimum atomic E-state index is -0.679. The molecule has 0 aliphatic heterocycles. The van der Waals surface area contributed by atoms with Crippen molar-refractivity contribution in [1.29, 1.82) is 0 Å². The van der Waals surface area contributed by atoms with E-state index in [1.54, 1.807) is 0 Å². The smallest absolute Gasteiger partial charge is 0.414 e. The predicted molar refractivity (Wildman–Crippen MR) is 85.0 cm³/mol. The van der Waals surface area contributed by atoms with E-state index in [-0.39, 0.29) is 22.9 Å². The molecule has 0 spiro atoms. The van der Waals surface area contributed by atoms with Crippen molar-refractivity contribution in [2.75, 3.05) is 5.32 Å². The fourth-order valence-corrected chi connectivity index (χ4v) is 1.93. The Hall–Kier alpha value is -1.12. The van der Waals surface area contributed by atoms with E-state index in [0.717, 1.165) is 5.56 Å². The van der Waals surface area contributed by atoms with Gasteiger partial charge in [0.2, 0.25) is 5.95 Å². The number of halogens is 3. The lowest BCUT2D eigenvalue weighted by atomic mass is 10.2. The molecule has 104 valence electrons. The number of hydrogen-bond donors (Lipinski definition) is 1. The van der Waals surface area contributed by atoms with Crippen LogP contribution in [0.25, 0.3) is 0 Å². The summed E-state index contributed by atoms with van der Waals surface area (Å²) in [5.41, 5.74) is 0.877. The van der Waals surface area contributed by atoms with Gasteiger partial charge in [-0.15, -0.1) is 0 Å². The second kappa shape index (κ2) is 7.05. The molecule has 0 unspecified atom stereocenters. The van der Waals surface area contributed by atoms with Gasteiger partial charge >= 0.3 is 6.09 Å². The maximum absolute atomic E-state index is 11.6. The number of carbonyl (C=O) groups excluding carboxylic acids is 1. The third-order valence-corrected chi connectivity index (χ3v) is 4.40. The normalized spacial score (nSPS) is 10.2. The highest BCUT2D eigenvalue weighted by Crippen LogP contribution is 2.24. The minimum Gasteiger partial charge on any atom is -0.444 e. The van der Waals surface area contributed by atoms with Crippen molar-refractivity contribution >= 4 is 57.8 Å². The molecule has 1 aromatic heterocycles. The summed E-state index contributed by atoms with van der Waals surface area (Å²) in [6, 6.07) is 9.30. The molecule has 0 saturated heterocycles. The second-order valence-corrected chi connectivity index (χ2v) is 5.42. The van der Waals surface area contributed by atoms with Crippen molar-refractivity contribution in [3.05, 3.63) is 49.8 Å². The third kappa shape index (κ3) is 4.19. The Labute approximate surface area is 138 Å². The average molecular weight is 424 g/mol. The van der Waals surface area contributed by atoms with Crippen molar-refractivity contribution in [3.8, 4) is 0 Å². The minimum absolute atomic E-state index is 0.00141. The highest BCUT2D eigenvalue weighted by molar-refractivity contribution is 14.1. The van der Waals surface area contributed by atoms with Crippen molar-refractivity contribution in [3.63, 3.8) is 0 Å². The number of aromatic nitrogens is 2. The number of nitrogens with one attached hydrogen (secondary N) is 1. The van der Waals surface area contributed by atoms with E-state index in [2.05, 4.69) is 15.3 Å². The summed E-state index contributed by atoms with van der Waals surface area (Å²) >= 11 is 13.6. The predicted octanol–water partition coefficient (Wildman–Crippen LogP) is 4.14. The molecule has 2 rings (SSSR count). The van der Waals surface area contributed by atoms with Crippen LogP contribution >= 0.6 is 45.8 Å². The fourth-order valence-electron chi connectivity index (χ4n) is 1.30. The van der Waals surface area contributed by atoms with Crippen LogP contribution in [0.3, 0.4) is 0 Å². The molecule has 1 aromatic carbocycles. The van der Waals surface area contributed by atoms with Crippen molar-refractivity contribution < 1.29 is 9.53 Å². The van der Waals surface area contributed by atoms with Gasteiger partial charge in [-0.1, -0.05) is 53.5 Å². The van der Waals surface area contributed by atoms with E-state index in [9.17, 15) is 4.79 Å². The van der Waals surface area contributed by atoms with Gasteiger partial charge < -0.3 is 4.74 Å². The molecule has 2 aromatic rings. The Morgan fingerprint density at radius 2 is 1.80 bits per heavy atom. The first-order chi connectivity index (χ1) is 9.56. The van der Waals surface area contributed by atoms with Crippen LogP contribution in [-0.4, -0.2) is 16.1 Å². The summed E-state index contributed by atoms with van der Waals surface area (Å²) in [6.45, 7) is 0.151. The number of benzene rings is 1. The Bertz CT molecular complexity index is 602. The molecule has 0 aliphatic carbocycles. The molecule has 1 heterocycles. The van der Waals surface area contributed by atoms with Crippen molar-refractivity contribution in [2.24, 2.45) is 0 Å².